The number of aromatic nitrogens is 2. The minimum atomic E-state index is 0.378. The largest absolute Gasteiger partial charge is 0.489 e. The first-order chi connectivity index (χ1) is 11.6. The molecule has 1 aromatic carbocycles. The van der Waals surface area contributed by atoms with Crippen molar-refractivity contribution >= 4 is 40.8 Å². The zero-order valence-electron chi connectivity index (χ0n) is 13.1. The average molecular weight is 391 g/mol. The van der Waals surface area contributed by atoms with Gasteiger partial charge in [0.2, 0.25) is 0 Å². The first kappa shape index (κ1) is 18.7. The molecule has 0 aliphatic carbocycles. The molecule has 0 aliphatic rings. The van der Waals surface area contributed by atoms with Gasteiger partial charge in [0.1, 0.15) is 6.61 Å². The number of aliphatic imine (C=N–C) groups is 1. The molecule has 1 heterocycles. The number of hydrogen-bond acceptors (Lipinski definition) is 3. The summed E-state index contributed by atoms with van der Waals surface area (Å²) in [4.78, 5) is 8.13. The lowest BCUT2D eigenvalue weighted by atomic mass is 10.3. The first-order valence-electron chi connectivity index (χ1n) is 7.27. The van der Waals surface area contributed by atoms with Gasteiger partial charge in [0.25, 0.3) is 0 Å². The quantitative estimate of drug-likeness (QED) is 0.433. The van der Waals surface area contributed by atoms with Crippen molar-refractivity contribution in [3.8, 4) is 5.75 Å². The molecule has 0 amide bonds. The number of benzene rings is 1. The first-order valence-corrected chi connectivity index (χ1v) is 8.41. The fourth-order valence-corrected chi connectivity index (χ4v) is 2.86. The fraction of sp³-hybridized carbons (Fsp3) is 0.333. The highest BCUT2D eigenvalue weighted by atomic mass is 35.5. The second-order valence-corrected chi connectivity index (χ2v) is 6.02. The van der Waals surface area contributed by atoms with Crippen LogP contribution >= 0.6 is 34.8 Å². The molecule has 2 aromatic rings. The van der Waals surface area contributed by atoms with E-state index in [0.717, 1.165) is 13.1 Å². The zero-order chi connectivity index (χ0) is 17.4. The van der Waals surface area contributed by atoms with Gasteiger partial charge in [-0.1, -0.05) is 34.8 Å². The molecule has 0 aliphatic heterocycles. The molecule has 9 heteroatoms. The van der Waals surface area contributed by atoms with Crippen LogP contribution in [0.1, 0.15) is 0 Å². The summed E-state index contributed by atoms with van der Waals surface area (Å²) >= 11 is 18.0. The van der Waals surface area contributed by atoms with Crippen molar-refractivity contribution in [3.05, 3.63) is 45.9 Å². The maximum absolute atomic E-state index is 6.06. The number of halogens is 3. The minimum Gasteiger partial charge on any atom is -0.489 e. The van der Waals surface area contributed by atoms with E-state index >= 15 is 0 Å². The maximum atomic E-state index is 6.06. The number of guanidine groups is 1. The molecule has 0 atom stereocenters. The van der Waals surface area contributed by atoms with E-state index in [-0.39, 0.29) is 0 Å². The van der Waals surface area contributed by atoms with Gasteiger partial charge >= 0.3 is 0 Å². The Morgan fingerprint density at radius 2 is 1.92 bits per heavy atom. The van der Waals surface area contributed by atoms with Crippen LogP contribution in [0.25, 0.3) is 0 Å². The van der Waals surface area contributed by atoms with Gasteiger partial charge in [0.05, 0.1) is 22.9 Å². The number of imidazole rings is 1. The van der Waals surface area contributed by atoms with Crippen molar-refractivity contribution < 1.29 is 4.74 Å². The van der Waals surface area contributed by atoms with E-state index < -0.39 is 0 Å². The van der Waals surface area contributed by atoms with Gasteiger partial charge < -0.3 is 19.9 Å². The normalized spacial score (nSPS) is 11.4. The molecule has 0 saturated carbocycles. The Labute approximate surface area is 155 Å². The van der Waals surface area contributed by atoms with E-state index in [1.165, 1.54) is 0 Å². The van der Waals surface area contributed by atoms with Crippen molar-refractivity contribution in [2.75, 3.05) is 26.7 Å². The smallest absolute Gasteiger partial charge is 0.191 e. The molecular weight excluding hydrogens is 373 g/mol. The third kappa shape index (κ3) is 5.78. The van der Waals surface area contributed by atoms with Crippen LogP contribution in [-0.4, -0.2) is 42.3 Å². The van der Waals surface area contributed by atoms with Crippen molar-refractivity contribution in [1.29, 1.82) is 0 Å². The standard InChI is InChI=1S/C15H18Cl3N5O/c1-19-15(21-3-6-23-5-2-20-10-23)22-4-7-24-14-12(17)8-11(16)9-13(14)18/h2,5,8-10H,3-4,6-7H2,1H3,(H2,19,21,22). The summed E-state index contributed by atoms with van der Waals surface area (Å²) in [6.45, 7) is 2.45. The third-order valence-corrected chi connectivity index (χ3v) is 3.83. The lowest BCUT2D eigenvalue weighted by Crippen LogP contribution is -2.40. The van der Waals surface area contributed by atoms with Crippen LogP contribution in [0.15, 0.2) is 35.8 Å². The lowest BCUT2D eigenvalue weighted by Gasteiger charge is -2.14. The van der Waals surface area contributed by atoms with Gasteiger partial charge in [0.15, 0.2) is 11.7 Å². The van der Waals surface area contributed by atoms with Crippen LogP contribution in [0.2, 0.25) is 15.1 Å². The van der Waals surface area contributed by atoms with Gasteiger partial charge in [-0.05, 0) is 12.1 Å². The number of hydrogen-bond donors (Lipinski definition) is 2. The highest BCUT2D eigenvalue weighted by Crippen LogP contribution is 2.35. The van der Waals surface area contributed by atoms with Crippen LogP contribution in [0.3, 0.4) is 0 Å². The highest BCUT2D eigenvalue weighted by molar-refractivity contribution is 6.40. The van der Waals surface area contributed by atoms with Crippen LogP contribution < -0.4 is 15.4 Å². The van der Waals surface area contributed by atoms with Gasteiger partial charge in [-0.3, -0.25) is 4.99 Å². The van der Waals surface area contributed by atoms with Crippen LogP contribution in [0.4, 0.5) is 0 Å². The summed E-state index contributed by atoms with van der Waals surface area (Å²) in [5.74, 6) is 1.11. The molecule has 130 valence electrons. The van der Waals surface area contributed by atoms with Gasteiger partial charge in [0, 0.05) is 37.6 Å². The summed E-state index contributed by atoms with van der Waals surface area (Å²) < 4.78 is 7.58. The predicted molar refractivity (Wildman–Crippen MR) is 98.6 cm³/mol. The minimum absolute atomic E-state index is 0.378. The van der Waals surface area contributed by atoms with E-state index in [2.05, 4.69) is 20.6 Å². The summed E-state index contributed by atoms with van der Waals surface area (Å²) in [5, 5.41) is 7.59. The number of rotatable bonds is 7. The molecule has 24 heavy (non-hydrogen) atoms. The molecule has 0 fully saturated rings. The van der Waals surface area contributed by atoms with E-state index in [0.29, 0.717) is 39.9 Å². The average Bonchev–Trinajstić information content (AvgIpc) is 3.04. The van der Waals surface area contributed by atoms with Crippen molar-refractivity contribution in [2.45, 2.75) is 6.54 Å². The third-order valence-electron chi connectivity index (χ3n) is 3.05. The van der Waals surface area contributed by atoms with Crippen LogP contribution in [-0.2, 0) is 6.54 Å². The second-order valence-electron chi connectivity index (χ2n) is 4.77. The van der Waals surface area contributed by atoms with E-state index in [1.807, 2.05) is 10.8 Å². The molecule has 0 spiro atoms. The summed E-state index contributed by atoms with van der Waals surface area (Å²) in [6, 6.07) is 3.18. The Balaban J connectivity index is 1.70. The molecule has 0 saturated heterocycles. The lowest BCUT2D eigenvalue weighted by molar-refractivity contribution is 0.322. The van der Waals surface area contributed by atoms with Crippen LogP contribution in [0, 0.1) is 0 Å². The SMILES string of the molecule is CN=C(NCCOc1c(Cl)cc(Cl)cc1Cl)NCCn1ccnc1. The summed E-state index contributed by atoms with van der Waals surface area (Å²) in [5.41, 5.74) is 0. The maximum Gasteiger partial charge on any atom is 0.191 e. The van der Waals surface area contributed by atoms with Gasteiger partial charge in [-0.15, -0.1) is 0 Å². The Morgan fingerprint density at radius 1 is 1.21 bits per heavy atom. The van der Waals surface area contributed by atoms with E-state index in [1.54, 1.807) is 31.7 Å². The number of ether oxygens (including phenoxy) is 1. The Kier molecular flexibility index (Phi) is 7.49. The van der Waals surface area contributed by atoms with Crippen molar-refractivity contribution in [3.63, 3.8) is 0 Å². The van der Waals surface area contributed by atoms with Gasteiger partial charge in [-0.2, -0.15) is 0 Å². The zero-order valence-corrected chi connectivity index (χ0v) is 15.4. The number of nitrogens with zero attached hydrogens (tertiary/aromatic N) is 3. The molecule has 1 aromatic heterocycles. The number of nitrogens with one attached hydrogen (secondary N) is 2. The molecule has 0 bridgehead atoms. The monoisotopic (exact) mass is 389 g/mol. The molecule has 6 nitrogen and oxygen atoms in total. The fourth-order valence-electron chi connectivity index (χ4n) is 1.93. The van der Waals surface area contributed by atoms with Gasteiger partial charge in [-0.25, -0.2) is 4.98 Å². The van der Waals surface area contributed by atoms with Crippen LogP contribution in [0.5, 0.6) is 5.75 Å². The van der Waals surface area contributed by atoms with E-state index in [4.69, 9.17) is 39.5 Å². The second kappa shape index (κ2) is 9.61. The highest BCUT2D eigenvalue weighted by Gasteiger charge is 2.09. The summed E-state index contributed by atoms with van der Waals surface area (Å²) in [6.07, 6.45) is 5.42. The Hall–Kier alpha value is -1.63. The van der Waals surface area contributed by atoms with Crippen molar-refractivity contribution in [2.24, 2.45) is 4.99 Å². The molecule has 2 N–H and O–H groups in total. The Bertz CT molecular complexity index is 653. The molecular formula is C15H18Cl3N5O. The predicted octanol–water partition coefficient (Wildman–Crippen LogP) is 3.09. The molecule has 0 radical (unpaired) electrons. The van der Waals surface area contributed by atoms with E-state index in [9.17, 15) is 0 Å². The Morgan fingerprint density at radius 3 is 2.54 bits per heavy atom. The molecule has 0 unspecified atom stereocenters. The topological polar surface area (TPSA) is 63.5 Å². The molecule has 2 rings (SSSR count). The summed E-state index contributed by atoms with van der Waals surface area (Å²) in [7, 11) is 1.71. The van der Waals surface area contributed by atoms with Crippen molar-refractivity contribution in [1.82, 2.24) is 20.2 Å².